The van der Waals surface area contributed by atoms with Crippen LogP contribution in [-0.2, 0) is 0 Å². The predicted octanol–water partition coefficient (Wildman–Crippen LogP) is 5.02. The highest BCUT2D eigenvalue weighted by Gasteiger charge is 2.35. The molecule has 2 unspecified atom stereocenters. The van der Waals surface area contributed by atoms with Crippen LogP contribution in [0.25, 0.3) is 0 Å². The maximum Gasteiger partial charge on any atom is 0.0605 e. The van der Waals surface area contributed by atoms with E-state index in [0.29, 0.717) is 4.08 Å². The highest BCUT2D eigenvalue weighted by atomic mass is 35.5. The molecule has 14 heavy (non-hydrogen) atoms. The summed E-state index contributed by atoms with van der Waals surface area (Å²) in [5.41, 5.74) is 0. The van der Waals surface area contributed by atoms with Crippen molar-refractivity contribution in [3.05, 3.63) is 0 Å². The van der Waals surface area contributed by atoms with Crippen LogP contribution < -0.4 is 0 Å². The molecular weight excluding hydrogens is 252 g/mol. The number of alkyl halides is 1. The molecule has 0 amide bonds. The van der Waals surface area contributed by atoms with Gasteiger partial charge in [-0.15, -0.1) is 46.9 Å². The summed E-state index contributed by atoms with van der Waals surface area (Å²) in [6.45, 7) is 7.04. The number of unbranched alkanes of at least 4 members (excludes halogenated alkanes) is 1. The molecule has 0 saturated carbocycles. The first-order valence-corrected chi connectivity index (χ1v) is 8.36. The van der Waals surface area contributed by atoms with Crippen LogP contribution in [0.2, 0.25) is 0 Å². The molecule has 0 aromatic heterocycles. The Kier molecular flexibility index (Phi) is 5.91. The van der Waals surface area contributed by atoms with Crippen LogP contribution in [-0.4, -0.2) is 19.1 Å². The number of halogens is 1. The molecule has 1 fully saturated rings. The van der Waals surface area contributed by atoms with Gasteiger partial charge in [0.2, 0.25) is 0 Å². The van der Waals surface area contributed by atoms with Crippen molar-refractivity contribution >= 4 is 46.9 Å². The maximum absolute atomic E-state index is 5.70. The van der Waals surface area contributed by atoms with Gasteiger partial charge in [0.15, 0.2) is 0 Å². The van der Waals surface area contributed by atoms with Crippen molar-refractivity contribution < 1.29 is 0 Å². The fourth-order valence-corrected chi connectivity index (χ4v) is 8.75. The fourth-order valence-electron chi connectivity index (χ4n) is 1.71. The lowest BCUT2D eigenvalue weighted by Crippen LogP contribution is -2.25. The minimum atomic E-state index is 0.427. The second-order valence-electron chi connectivity index (χ2n) is 3.79. The Balaban J connectivity index is 2.38. The zero-order valence-electron chi connectivity index (χ0n) is 9.09. The molecule has 0 spiro atoms. The lowest BCUT2D eigenvalue weighted by atomic mass is 10.2. The van der Waals surface area contributed by atoms with Crippen molar-refractivity contribution in [3.8, 4) is 0 Å². The van der Waals surface area contributed by atoms with Crippen molar-refractivity contribution in [1.29, 1.82) is 0 Å². The molecule has 0 nitrogen and oxygen atoms in total. The second-order valence-corrected chi connectivity index (χ2v) is 10.4. The Morgan fingerprint density at radius 3 is 2.21 bits per heavy atom. The number of rotatable bonds is 4. The molecule has 1 aliphatic heterocycles. The lowest BCUT2D eigenvalue weighted by Gasteiger charge is -2.39. The highest BCUT2D eigenvalue weighted by Crippen LogP contribution is 2.55. The van der Waals surface area contributed by atoms with Gasteiger partial charge in [-0.05, 0) is 33.6 Å². The summed E-state index contributed by atoms with van der Waals surface area (Å²) in [6.07, 6.45) is 3.72. The van der Waals surface area contributed by atoms with Gasteiger partial charge in [0.1, 0.15) is 0 Å². The predicted molar refractivity (Wildman–Crippen MR) is 74.7 cm³/mol. The Bertz CT molecular complexity index is 165. The van der Waals surface area contributed by atoms with Crippen molar-refractivity contribution in [2.24, 2.45) is 0 Å². The Labute approximate surface area is 106 Å². The van der Waals surface area contributed by atoms with Crippen LogP contribution in [0.15, 0.2) is 0 Å². The minimum Gasteiger partial charge on any atom is -0.134 e. The number of thioether (sulfide) groups is 3. The fraction of sp³-hybridized carbons (Fsp3) is 1.00. The average molecular weight is 271 g/mol. The van der Waals surface area contributed by atoms with Gasteiger partial charge in [-0.2, -0.15) is 0 Å². The largest absolute Gasteiger partial charge is 0.134 e. The van der Waals surface area contributed by atoms with Gasteiger partial charge in [0.05, 0.1) is 4.08 Å². The Morgan fingerprint density at radius 1 is 1.14 bits per heavy atom. The van der Waals surface area contributed by atoms with Crippen LogP contribution in [0.3, 0.4) is 0 Å². The van der Waals surface area contributed by atoms with Gasteiger partial charge in [-0.1, -0.05) is 6.42 Å². The number of hydrogen-bond donors (Lipinski definition) is 0. The molecule has 1 saturated heterocycles. The van der Waals surface area contributed by atoms with Gasteiger partial charge >= 0.3 is 0 Å². The van der Waals surface area contributed by atoms with E-state index in [0.717, 1.165) is 21.5 Å². The zero-order valence-corrected chi connectivity index (χ0v) is 12.3. The van der Waals surface area contributed by atoms with Crippen molar-refractivity contribution in [2.45, 2.75) is 53.3 Å². The van der Waals surface area contributed by atoms with E-state index in [1.807, 2.05) is 0 Å². The molecule has 2 atom stereocenters. The molecule has 1 aliphatic rings. The van der Waals surface area contributed by atoms with Gasteiger partial charge in [0, 0.05) is 15.0 Å². The molecular formula is C10H19ClS3. The first-order chi connectivity index (χ1) is 6.56. The monoisotopic (exact) mass is 270 g/mol. The lowest BCUT2D eigenvalue weighted by molar-refractivity contribution is 0.686. The Morgan fingerprint density at radius 2 is 1.71 bits per heavy atom. The third-order valence-corrected chi connectivity index (χ3v) is 7.15. The van der Waals surface area contributed by atoms with Gasteiger partial charge in [0.25, 0.3) is 0 Å². The number of hydrogen-bond acceptors (Lipinski definition) is 3. The topological polar surface area (TPSA) is 0 Å². The van der Waals surface area contributed by atoms with Crippen LogP contribution in [0.5, 0.6) is 0 Å². The summed E-state index contributed by atoms with van der Waals surface area (Å²) in [5, 5.41) is 0. The third-order valence-electron chi connectivity index (χ3n) is 2.23. The van der Waals surface area contributed by atoms with Crippen molar-refractivity contribution in [2.75, 3.05) is 5.88 Å². The summed E-state index contributed by atoms with van der Waals surface area (Å²) in [6, 6.07) is 0. The van der Waals surface area contributed by atoms with Crippen molar-refractivity contribution in [3.63, 3.8) is 0 Å². The van der Waals surface area contributed by atoms with E-state index in [4.69, 9.17) is 11.6 Å². The van der Waals surface area contributed by atoms with Gasteiger partial charge in [-0.25, -0.2) is 0 Å². The second kappa shape index (κ2) is 6.17. The molecule has 0 bridgehead atoms. The summed E-state index contributed by atoms with van der Waals surface area (Å²) in [5.74, 6) is 0.811. The van der Waals surface area contributed by atoms with Crippen molar-refractivity contribution in [1.82, 2.24) is 0 Å². The van der Waals surface area contributed by atoms with Crippen LogP contribution in [0.1, 0.15) is 40.0 Å². The maximum atomic E-state index is 5.70. The molecule has 1 heterocycles. The first-order valence-electron chi connectivity index (χ1n) is 5.13. The highest BCUT2D eigenvalue weighted by molar-refractivity contribution is 8.34. The SMILES string of the molecule is CC1SC(C)SC(C)(CCCCCl)S1. The molecule has 0 aromatic rings. The summed E-state index contributed by atoms with van der Waals surface area (Å²) in [7, 11) is 0. The van der Waals surface area contributed by atoms with E-state index in [9.17, 15) is 0 Å². The van der Waals surface area contributed by atoms with Gasteiger partial charge in [-0.3, -0.25) is 0 Å². The summed E-state index contributed by atoms with van der Waals surface area (Å²) < 4.78 is 1.91. The van der Waals surface area contributed by atoms with E-state index in [-0.39, 0.29) is 0 Å². The van der Waals surface area contributed by atoms with E-state index in [1.54, 1.807) is 0 Å². The van der Waals surface area contributed by atoms with E-state index in [2.05, 4.69) is 56.1 Å². The summed E-state index contributed by atoms with van der Waals surface area (Å²) in [4.78, 5) is 0. The normalized spacial score (nSPS) is 38.6. The molecule has 84 valence electrons. The molecule has 4 heteroatoms. The van der Waals surface area contributed by atoms with E-state index in [1.165, 1.54) is 12.8 Å². The van der Waals surface area contributed by atoms with Crippen LogP contribution >= 0.6 is 46.9 Å². The van der Waals surface area contributed by atoms with Gasteiger partial charge < -0.3 is 0 Å². The zero-order chi connectivity index (χ0) is 10.6. The Hall–Kier alpha value is 1.34. The molecule has 0 N–H and O–H groups in total. The van der Waals surface area contributed by atoms with Crippen LogP contribution in [0, 0.1) is 0 Å². The third kappa shape index (κ3) is 4.46. The molecule has 0 aliphatic carbocycles. The standard InChI is InChI=1S/C10H19ClS3/c1-8-12-9(2)14-10(3,13-8)6-4-5-7-11/h8-9H,4-7H2,1-3H3. The first kappa shape index (κ1) is 13.4. The molecule has 1 rings (SSSR count). The quantitative estimate of drug-likeness (QED) is 0.520. The van der Waals surface area contributed by atoms with E-state index >= 15 is 0 Å². The summed E-state index contributed by atoms with van der Waals surface area (Å²) >= 11 is 12.0. The minimum absolute atomic E-state index is 0.427. The smallest absolute Gasteiger partial charge is 0.0605 e. The van der Waals surface area contributed by atoms with Crippen LogP contribution in [0.4, 0.5) is 0 Å². The molecule has 0 radical (unpaired) electrons. The molecule has 0 aromatic carbocycles. The van der Waals surface area contributed by atoms with E-state index < -0.39 is 0 Å². The average Bonchev–Trinajstić information content (AvgIpc) is 2.01.